The van der Waals surface area contributed by atoms with E-state index in [1.54, 1.807) is 24.0 Å². The van der Waals surface area contributed by atoms with Crippen LogP contribution < -0.4 is 10.7 Å². The second-order valence-corrected chi connectivity index (χ2v) is 7.48. The average molecular weight is 410 g/mol. The van der Waals surface area contributed by atoms with Gasteiger partial charge in [0.1, 0.15) is 5.82 Å². The van der Waals surface area contributed by atoms with Crippen LogP contribution in [0.15, 0.2) is 59.8 Å². The number of amides is 1. The highest BCUT2D eigenvalue weighted by atomic mass is 32.2. The number of nitrogens with zero attached hydrogens (tertiary/aromatic N) is 5. The van der Waals surface area contributed by atoms with Gasteiger partial charge in [0.2, 0.25) is 11.1 Å². The lowest BCUT2D eigenvalue weighted by Gasteiger charge is -2.24. The molecule has 7 nitrogen and oxygen atoms in total. The molecule has 0 spiro atoms. The first-order chi connectivity index (χ1) is 14.0. The molecule has 0 aliphatic rings. The van der Waals surface area contributed by atoms with Crippen LogP contribution >= 0.6 is 11.8 Å². The first-order valence-corrected chi connectivity index (χ1v) is 9.75. The molecular weight excluding hydrogens is 391 g/mol. The standard InChI is InChI=1S/C20H19FN6OS/c1-14(19(28)26(13-5-12-22)17-6-3-2-4-7-17)29-20-25-24-18(27(20)23)15-8-10-16(21)11-9-15/h2-4,6-11,14H,5,13,23H2,1H3/t14-/m1/s1. The third kappa shape index (κ3) is 4.73. The summed E-state index contributed by atoms with van der Waals surface area (Å²) in [4.78, 5) is 14.6. The molecule has 3 aromatic rings. The number of rotatable bonds is 7. The maximum Gasteiger partial charge on any atom is 0.240 e. The van der Waals surface area contributed by atoms with Crippen molar-refractivity contribution in [2.45, 2.75) is 23.8 Å². The van der Waals surface area contributed by atoms with Crippen molar-refractivity contribution in [1.82, 2.24) is 14.9 Å². The third-order valence-electron chi connectivity index (χ3n) is 4.18. The van der Waals surface area contributed by atoms with Crippen molar-refractivity contribution in [3.05, 3.63) is 60.4 Å². The number of nitrogens with two attached hydrogens (primary N) is 1. The van der Waals surface area contributed by atoms with Crippen molar-refractivity contribution in [2.24, 2.45) is 0 Å². The minimum absolute atomic E-state index is 0.164. The zero-order valence-corrected chi connectivity index (χ0v) is 16.5. The van der Waals surface area contributed by atoms with Gasteiger partial charge in [-0.25, -0.2) is 9.07 Å². The van der Waals surface area contributed by atoms with Gasteiger partial charge in [-0.05, 0) is 43.3 Å². The molecule has 0 radical (unpaired) electrons. The third-order valence-corrected chi connectivity index (χ3v) is 5.22. The highest BCUT2D eigenvalue weighted by Gasteiger charge is 2.25. The highest BCUT2D eigenvalue weighted by Crippen LogP contribution is 2.27. The van der Waals surface area contributed by atoms with E-state index in [2.05, 4.69) is 16.3 Å². The van der Waals surface area contributed by atoms with E-state index in [1.807, 2.05) is 30.3 Å². The van der Waals surface area contributed by atoms with E-state index >= 15 is 0 Å². The summed E-state index contributed by atoms with van der Waals surface area (Å²) in [6, 6.07) is 17.0. The van der Waals surface area contributed by atoms with Gasteiger partial charge in [-0.2, -0.15) is 5.26 Å². The molecule has 148 valence electrons. The number of thioether (sulfide) groups is 1. The number of halogens is 1. The molecule has 0 aliphatic heterocycles. The Bertz CT molecular complexity index is 1020. The Balaban J connectivity index is 1.78. The van der Waals surface area contributed by atoms with E-state index in [0.717, 1.165) is 5.69 Å². The SMILES string of the molecule is C[C@@H](Sc1nnc(-c2ccc(F)cc2)n1N)C(=O)N(CCC#N)c1ccccc1. The molecule has 0 bridgehead atoms. The van der Waals surface area contributed by atoms with Crippen molar-refractivity contribution >= 4 is 23.4 Å². The van der Waals surface area contributed by atoms with Crippen LogP contribution in [-0.4, -0.2) is 32.6 Å². The van der Waals surface area contributed by atoms with Crippen molar-refractivity contribution in [3.63, 3.8) is 0 Å². The number of carbonyl (C=O) groups is 1. The Hall–Kier alpha value is -3.38. The average Bonchev–Trinajstić information content (AvgIpc) is 3.09. The molecule has 0 saturated heterocycles. The Kier molecular flexibility index (Phi) is 6.46. The fourth-order valence-corrected chi connectivity index (χ4v) is 3.55. The summed E-state index contributed by atoms with van der Waals surface area (Å²) in [6.07, 6.45) is 0.222. The summed E-state index contributed by atoms with van der Waals surface area (Å²) < 4.78 is 14.4. The normalized spacial score (nSPS) is 11.6. The molecule has 2 N–H and O–H groups in total. The highest BCUT2D eigenvalue weighted by molar-refractivity contribution is 8.00. The van der Waals surface area contributed by atoms with Gasteiger partial charge in [-0.1, -0.05) is 30.0 Å². The zero-order chi connectivity index (χ0) is 20.8. The Morgan fingerprint density at radius 3 is 2.59 bits per heavy atom. The number of benzene rings is 2. The van der Waals surface area contributed by atoms with E-state index < -0.39 is 5.25 Å². The van der Waals surface area contributed by atoms with Crippen LogP contribution in [0.25, 0.3) is 11.4 Å². The number of anilines is 1. The molecule has 1 atom stereocenters. The number of hydrogen-bond donors (Lipinski definition) is 1. The maximum absolute atomic E-state index is 13.1. The minimum Gasteiger partial charge on any atom is -0.335 e. The lowest BCUT2D eigenvalue weighted by Crippen LogP contribution is -2.37. The summed E-state index contributed by atoms with van der Waals surface area (Å²) in [7, 11) is 0. The molecule has 0 saturated carbocycles. The molecule has 3 rings (SSSR count). The molecule has 1 heterocycles. The van der Waals surface area contributed by atoms with Gasteiger partial charge in [-0.15, -0.1) is 10.2 Å². The second-order valence-electron chi connectivity index (χ2n) is 6.18. The van der Waals surface area contributed by atoms with Crippen molar-refractivity contribution in [1.29, 1.82) is 5.26 Å². The van der Waals surface area contributed by atoms with Crippen molar-refractivity contribution in [2.75, 3.05) is 17.3 Å². The summed E-state index contributed by atoms with van der Waals surface area (Å²) in [5.41, 5.74) is 1.34. The van der Waals surface area contributed by atoms with Gasteiger partial charge >= 0.3 is 0 Å². The maximum atomic E-state index is 13.1. The molecule has 29 heavy (non-hydrogen) atoms. The Morgan fingerprint density at radius 1 is 1.24 bits per heavy atom. The van der Waals surface area contributed by atoms with Crippen LogP contribution in [0.4, 0.5) is 10.1 Å². The van der Waals surface area contributed by atoms with Crippen LogP contribution in [-0.2, 0) is 4.79 Å². The summed E-state index contributed by atoms with van der Waals surface area (Å²) in [5, 5.41) is 16.9. The van der Waals surface area contributed by atoms with E-state index in [9.17, 15) is 9.18 Å². The number of aromatic nitrogens is 3. The topological polar surface area (TPSA) is 101 Å². The Morgan fingerprint density at radius 2 is 1.93 bits per heavy atom. The minimum atomic E-state index is -0.513. The zero-order valence-electron chi connectivity index (χ0n) is 15.7. The Labute approximate surface area is 171 Å². The molecule has 0 fully saturated rings. The smallest absolute Gasteiger partial charge is 0.240 e. The summed E-state index contributed by atoms with van der Waals surface area (Å²) in [5.74, 6) is 5.95. The molecule has 0 unspecified atom stereocenters. The van der Waals surface area contributed by atoms with Gasteiger partial charge in [-0.3, -0.25) is 4.79 Å². The van der Waals surface area contributed by atoms with Crippen LogP contribution in [0.5, 0.6) is 0 Å². The predicted octanol–water partition coefficient (Wildman–Crippen LogP) is 3.23. The lowest BCUT2D eigenvalue weighted by molar-refractivity contribution is -0.117. The largest absolute Gasteiger partial charge is 0.335 e. The first-order valence-electron chi connectivity index (χ1n) is 8.87. The van der Waals surface area contributed by atoms with Crippen molar-refractivity contribution < 1.29 is 9.18 Å². The fraction of sp³-hybridized carbons (Fsp3) is 0.200. The van der Waals surface area contributed by atoms with E-state index in [0.29, 0.717) is 23.1 Å². The predicted molar refractivity (Wildman–Crippen MR) is 110 cm³/mol. The van der Waals surface area contributed by atoms with E-state index in [-0.39, 0.29) is 18.1 Å². The van der Waals surface area contributed by atoms with E-state index in [4.69, 9.17) is 11.1 Å². The van der Waals surface area contributed by atoms with Crippen LogP contribution in [0.2, 0.25) is 0 Å². The molecule has 9 heteroatoms. The quantitative estimate of drug-likeness (QED) is 0.474. The number of nitriles is 1. The van der Waals surface area contributed by atoms with Crippen molar-refractivity contribution in [3.8, 4) is 17.5 Å². The number of nitrogen functional groups attached to an aromatic ring is 1. The molecular formula is C20H19FN6OS. The number of carbonyl (C=O) groups excluding carboxylic acids is 1. The fourth-order valence-electron chi connectivity index (χ4n) is 2.72. The lowest BCUT2D eigenvalue weighted by atomic mass is 10.2. The van der Waals surface area contributed by atoms with Gasteiger partial charge in [0.25, 0.3) is 0 Å². The van der Waals surface area contributed by atoms with E-state index in [1.165, 1.54) is 28.6 Å². The van der Waals surface area contributed by atoms with Gasteiger partial charge in [0.15, 0.2) is 5.82 Å². The van der Waals surface area contributed by atoms with Crippen LogP contribution in [0.3, 0.4) is 0 Å². The molecule has 0 aliphatic carbocycles. The van der Waals surface area contributed by atoms with Gasteiger partial charge in [0.05, 0.1) is 17.7 Å². The molecule has 1 aromatic heterocycles. The summed E-state index contributed by atoms with van der Waals surface area (Å²) in [6.45, 7) is 2.04. The first kappa shape index (κ1) is 20.4. The van der Waals surface area contributed by atoms with Crippen LogP contribution in [0, 0.1) is 17.1 Å². The van der Waals surface area contributed by atoms with Crippen LogP contribution in [0.1, 0.15) is 13.3 Å². The molecule has 2 aromatic carbocycles. The number of para-hydroxylation sites is 1. The molecule has 1 amide bonds. The summed E-state index contributed by atoms with van der Waals surface area (Å²) >= 11 is 1.17. The van der Waals surface area contributed by atoms with Gasteiger partial charge < -0.3 is 10.7 Å². The van der Waals surface area contributed by atoms with Gasteiger partial charge in [0, 0.05) is 17.8 Å². The monoisotopic (exact) mass is 410 g/mol. The number of hydrogen-bond acceptors (Lipinski definition) is 6. The second kappa shape index (κ2) is 9.21.